The molecule has 1 aliphatic carbocycles. The Hall–Kier alpha value is -1.20. The van der Waals surface area contributed by atoms with Crippen molar-refractivity contribution in [3.8, 4) is 0 Å². The number of carbonyl (C=O) groups is 2. The summed E-state index contributed by atoms with van der Waals surface area (Å²) in [6.07, 6.45) is 11.3. The summed E-state index contributed by atoms with van der Waals surface area (Å²) in [7, 11) is 0. The minimum atomic E-state index is -0.744. The van der Waals surface area contributed by atoms with Gasteiger partial charge >= 0.3 is 5.97 Å². The molecule has 1 fully saturated rings. The van der Waals surface area contributed by atoms with Gasteiger partial charge in [0.1, 0.15) is 5.78 Å². The molecule has 0 saturated heterocycles. The second-order valence-corrected chi connectivity index (χ2v) is 9.47. The summed E-state index contributed by atoms with van der Waals surface area (Å²) < 4.78 is 0. The van der Waals surface area contributed by atoms with Crippen molar-refractivity contribution in [2.45, 2.75) is 110 Å². The summed E-state index contributed by atoms with van der Waals surface area (Å²) in [6, 6.07) is 0. The molecular formula is C24H42O5. The molecule has 0 spiro atoms. The van der Waals surface area contributed by atoms with Gasteiger partial charge in [-0.05, 0) is 46.0 Å². The fourth-order valence-electron chi connectivity index (χ4n) is 4.22. The molecule has 1 aliphatic rings. The highest BCUT2D eigenvalue weighted by Crippen LogP contribution is 2.35. The van der Waals surface area contributed by atoms with Gasteiger partial charge in [-0.2, -0.15) is 0 Å². The van der Waals surface area contributed by atoms with Crippen molar-refractivity contribution >= 4 is 11.8 Å². The van der Waals surface area contributed by atoms with Crippen molar-refractivity contribution in [2.24, 2.45) is 17.3 Å². The molecule has 5 heteroatoms. The lowest BCUT2D eigenvalue weighted by Gasteiger charge is -2.23. The fraction of sp³-hybridized carbons (Fsp3) is 0.833. The zero-order valence-corrected chi connectivity index (χ0v) is 18.8. The number of hydrogen-bond donors (Lipinski definition) is 3. The number of carboxylic acid groups (broad SMARTS) is 1. The second kappa shape index (κ2) is 11.8. The van der Waals surface area contributed by atoms with Crippen LogP contribution in [0.15, 0.2) is 12.2 Å². The number of aliphatic hydroxyl groups is 2. The summed E-state index contributed by atoms with van der Waals surface area (Å²) in [5, 5.41) is 30.1. The zero-order chi connectivity index (χ0) is 22.1. The fourth-order valence-corrected chi connectivity index (χ4v) is 4.22. The molecule has 2 unspecified atom stereocenters. The number of aliphatic carboxylic acids is 1. The van der Waals surface area contributed by atoms with Crippen LogP contribution in [0.1, 0.15) is 98.3 Å². The quantitative estimate of drug-likeness (QED) is 0.280. The molecule has 5 atom stereocenters. The zero-order valence-electron chi connectivity index (χ0n) is 18.8. The van der Waals surface area contributed by atoms with E-state index in [0.29, 0.717) is 19.3 Å². The van der Waals surface area contributed by atoms with Crippen molar-refractivity contribution in [1.82, 2.24) is 0 Å². The number of carboxylic acids is 1. The molecule has 0 bridgehead atoms. The molecule has 0 aromatic rings. The van der Waals surface area contributed by atoms with Crippen LogP contribution in [-0.4, -0.2) is 38.8 Å². The molecule has 1 saturated carbocycles. The molecule has 0 aliphatic heterocycles. The highest BCUT2D eigenvalue weighted by Gasteiger charge is 2.39. The minimum Gasteiger partial charge on any atom is -0.481 e. The first kappa shape index (κ1) is 25.8. The molecule has 168 valence electrons. The van der Waals surface area contributed by atoms with E-state index in [4.69, 9.17) is 0 Å². The van der Waals surface area contributed by atoms with Crippen LogP contribution in [0.5, 0.6) is 0 Å². The summed E-state index contributed by atoms with van der Waals surface area (Å²) in [6.45, 7) is 7.63. The monoisotopic (exact) mass is 410 g/mol. The van der Waals surface area contributed by atoms with Crippen molar-refractivity contribution in [1.29, 1.82) is 0 Å². The van der Waals surface area contributed by atoms with Crippen LogP contribution >= 0.6 is 0 Å². The van der Waals surface area contributed by atoms with Crippen LogP contribution in [0, 0.1) is 17.3 Å². The third-order valence-electron chi connectivity index (χ3n) is 6.76. The van der Waals surface area contributed by atoms with E-state index < -0.39 is 23.1 Å². The third-order valence-corrected chi connectivity index (χ3v) is 6.76. The van der Waals surface area contributed by atoms with Gasteiger partial charge in [0.2, 0.25) is 0 Å². The Kier molecular flexibility index (Phi) is 10.6. The lowest BCUT2D eigenvalue weighted by atomic mass is 9.81. The number of ketones is 1. The van der Waals surface area contributed by atoms with Crippen molar-refractivity contribution in [3.05, 3.63) is 12.2 Å². The molecule has 0 aromatic carbocycles. The standard InChI is InChI=1S/C24H42O5/c1-5-7-15-24(4,29)16-11-13-19-18(20(25)17-21(19)26)12-9-8-10-14-23(3,6-2)22(27)28/h11,13,18-19,21,26,29H,5-10,12,14-17H2,1-4H3,(H,27,28)/b13-11+/t18-,19-,21-,23?,24?/m1/s1. The summed E-state index contributed by atoms with van der Waals surface area (Å²) in [5.41, 5.74) is -1.41. The van der Waals surface area contributed by atoms with E-state index in [1.165, 1.54) is 0 Å². The predicted molar refractivity (Wildman–Crippen MR) is 116 cm³/mol. The second-order valence-electron chi connectivity index (χ2n) is 9.47. The Morgan fingerprint density at radius 1 is 1.14 bits per heavy atom. The first-order valence-electron chi connectivity index (χ1n) is 11.4. The molecular weight excluding hydrogens is 368 g/mol. The van der Waals surface area contributed by atoms with E-state index in [9.17, 15) is 24.9 Å². The summed E-state index contributed by atoms with van der Waals surface area (Å²) in [5.74, 6) is -0.966. The van der Waals surface area contributed by atoms with Gasteiger partial charge in [-0.15, -0.1) is 0 Å². The maximum atomic E-state index is 12.3. The lowest BCUT2D eigenvalue weighted by Crippen LogP contribution is -2.26. The Morgan fingerprint density at radius 2 is 1.83 bits per heavy atom. The highest BCUT2D eigenvalue weighted by molar-refractivity contribution is 5.84. The Balaban J connectivity index is 2.51. The van der Waals surface area contributed by atoms with Gasteiger partial charge in [-0.25, -0.2) is 0 Å². The number of Topliss-reactive ketones (excluding diaryl/α,β-unsaturated/α-hetero) is 1. The van der Waals surface area contributed by atoms with Crippen LogP contribution in [0.3, 0.4) is 0 Å². The SMILES string of the molecule is CCCCC(C)(O)C/C=C/[C@H]1[C@H](O)CC(=O)[C@@H]1CCCCCC(C)(CC)C(=O)O. The highest BCUT2D eigenvalue weighted by atomic mass is 16.4. The number of aliphatic hydroxyl groups excluding tert-OH is 1. The number of carbonyl (C=O) groups excluding carboxylic acids is 1. The van der Waals surface area contributed by atoms with Gasteiger partial charge in [-0.3, -0.25) is 9.59 Å². The van der Waals surface area contributed by atoms with Crippen molar-refractivity contribution in [3.63, 3.8) is 0 Å². The Bertz CT molecular complexity index is 553. The summed E-state index contributed by atoms with van der Waals surface area (Å²) >= 11 is 0. The number of hydrogen-bond acceptors (Lipinski definition) is 4. The molecule has 0 radical (unpaired) electrons. The molecule has 1 rings (SSSR count). The average Bonchev–Trinajstić information content (AvgIpc) is 2.92. The van der Waals surface area contributed by atoms with E-state index in [1.807, 2.05) is 26.0 Å². The minimum absolute atomic E-state index is 0.119. The van der Waals surface area contributed by atoms with Crippen LogP contribution in [-0.2, 0) is 9.59 Å². The normalized spacial score (nSPS) is 26.6. The van der Waals surface area contributed by atoms with E-state index in [1.54, 1.807) is 6.92 Å². The van der Waals surface area contributed by atoms with Crippen LogP contribution < -0.4 is 0 Å². The van der Waals surface area contributed by atoms with E-state index >= 15 is 0 Å². The van der Waals surface area contributed by atoms with Gasteiger partial charge in [0.05, 0.1) is 17.1 Å². The first-order chi connectivity index (χ1) is 13.6. The van der Waals surface area contributed by atoms with Gasteiger partial charge in [-0.1, -0.05) is 58.1 Å². The molecule has 0 heterocycles. The van der Waals surface area contributed by atoms with Crippen LogP contribution in [0.25, 0.3) is 0 Å². The smallest absolute Gasteiger partial charge is 0.309 e. The van der Waals surface area contributed by atoms with Crippen molar-refractivity contribution < 1.29 is 24.9 Å². The molecule has 29 heavy (non-hydrogen) atoms. The van der Waals surface area contributed by atoms with Crippen molar-refractivity contribution in [2.75, 3.05) is 0 Å². The Morgan fingerprint density at radius 3 is 2.41 bits per heavy atom. The van der Waals surface area contributed by atoms with Gasteiger partial charge in [0.25, 0.3) is 0 Å². The topological polar surface area (TPSA) is 94.8 Å². The van der Waals surface area contributed by atoms with E-state index in [0.717, 1.165) is 44.9 Å². The van der Waals surface area contributed by atoms with Crippen LogP contribution in [0.2, 0.25) is 0 Å². The lowest BCUT2D eigenvalue weighted by molar-refractivity contribution is -0.148. The largest absolute Gasteiger partial charge is 0.481 e. The molecule has 0 amide bonds. The van der Waals surface area contributed by atoms with Gasteiger partial charge in [0, 0.05) is 18.3 Å². The molecule has 3 N–H and O–H groups in total. The van der Waals surface area contributed by atoms with Gasteiger partial charge in [0.15, 0.2) is 0 Å². The number of unbranched alkanes of at least 4 members (excludes halogenated alkanes) is 3. The maximum absolute atomic E-state index is 12.3. The third kappa shape index (κ3) is 8.21. The predicted octanol–water partition coefficient (Wildman–Crippen LogP) is 4.89. The van der Waals surface area contributed by atoms with Gasteiger partial charge < -0.3 is 15.3 Å². The van der Waals surface area contributed by atoms with E-state index in [2.05, 4.69) is 6.92 Å². The van der Waals surface area contributed by atoms with E-state index in [-0.39, 0.29) is 24.0 Å². The average molecular weight is 411 g/mol. The molecule has 0 aromatic heterocycles. The number of rotatable bonds is 14. The van der Waals surface area contributed by atoms with Crippen LogP contribution in [0.4, 0.5) is 0 Å². The summed E-state index contributed by atoms with van der Waals surface area (Å²) in [4.78, 5) is 23.7. The molecule has 5 nitrogen and oxygen atoms in total. The maximum Gasteiger partial charge on any atom is 0.309 e. The Labute approximate surface area is 176 Å². The first-order valence-corrected chi connectivity index (χ1v) is 11.4.